The monoisotopic (exact) mass is 193 g/mol. The molecule has 0 aliphatic heterocycles. The van der Waals surface area contributed by atoms with Crippen LogP contribution in [0.5, 0.6) is 0 Å². The molecule has 3 nitrogen and oxygen atoms in total. The SMILES string of the molecule is CCC(C)=N/C=C/C=C(N)\C=C\NC. The first-order valence-corrected chi connectivity index (χ1v) is 4.70. The van der Waals surface area contributed by atoms with E-state index in [0.29, 0.717) is 5.70 Å². The van der Waals surface area contributed by atoms with Crippen LogP contribution in [0.25, 0.3) is 0 Å². The zero-order valence-electron chi connectivity index (χ0n) is 9.12. The molecule has 0 amide bonds. The highest BCUT2D eigenvalue weighted by Gasteiger charge is 1.80. The Morgan fingerprint density at radius 3 is 2.79 bits per heavy atom. The molecule has 3 heteroatoms. The summed E-state index contributed by atoms with van der Waals surface area (Å²) in [5.74, 6) is 0. The van der Waals surface area contributed by atoms with Crippen LogP contribution in [0.2, 0.25) is 0 Å². The number of nitrogens with zero attached hydrogens (tertiary/aromatic N) is 1. The molecule has 0 bridgehead atoms. The topological polar surface area (TPSA) is 50.4 Å². The number of rotatable bonds is 5. The molecule has 0 aromatic carbocycles. The van der Waals surface area contributed by atoms with Crippen LogP contribution in [0.4, 0.5) is 0 Å². The van der Waals surface area contributed by atoms with Gasteiger partial charge in [-0.1, -0.05) is 6.92 Å². The molecule has 0 unspecified atom stereocenters. The average molecular weight is 193 g/mol. The maximum Gasteiger partial charge on any atom is 0.0329 e. The van der Waals surface area contributed by atoms with Crippen molar-refractivity contribution in [2.45, 2.75) is 20.3 Å². The van der Waals surface area contributed by atoms with Gasteiger partial charge >= 0.3 is 0 Å². The van der Waals surface area contributed by atoms with Gasteiger partial charge < -0.3 is 11.1 Å². The molecule has 0 radical (unpaired) electrons. The Kier molecular flexibility index (Phi) is 7.23. The van der Waals surface area contributed by atoms with Gasteiger partial charge in [0.15, 0.2) is 0 Å². The Hall–Kier alpha value is -1.51. The van der Waals surface area contributed by atoms with E-state index < -0.39 is 0 Å². The molecule has 78 valence electrons. The summed E-state index contributed by atoms with van der Waals surface area (Å²) in [6, 6.07) is 0. The molecular formula is C11H19N3. The maximum absolute atomic E-state index is 5.64. The second kappa shape index (κ2) is 8.10. The fraction of sp³-hybridized carbons (Fsp3) is 0.364. The molecule has 0 aromatic heterocycles. The molecule has 0 saturated carbocycles. The lowest BCUT2D eigenvalue weighted by Crippen LogP contribution is -1.96. The lowest BCUT2D eigenvalue weighted by molar-refractivity contribution is 1.10. The highest BCUT2D eigenvalue weighted by molar-refractivity contribution is 5.82. The van der Waals surface area contributed by atoms with E-state index in [2.05, 4.69) is 17.2 Å². The van der Waals surface area contributed by atoms with Gasteiger partial charge in [0.25, 0.3) is 0 Å². The van der Waals surface area contributed by atoms with E-state index in [0.717, 1.165) is 12.1 Å². The molecule has 0 aliphatic rings. The number of hydrogen-bond donors (Lipinski definition) is 2. The first-order chi connectivity index (χ1) is 6.70. The van der Waals surface area contributed by atoms with E-state index in [-0.39, 0.29) is 0 Å². The number of hydrogen-bond acceptors (Lipinski definition) is 3. The second-order valence-corrected chi connectivity index (χ2v) is 2.85. The summed E-state index contributed by atoms with van der Waals surface area (Å²) in [6.45, 7) is 4.07. The van der Waals surface area contributed by atoms with E-state index in [1.165, 1.54) is 0 Å². The average Bonchev–Trinajstić information content (AvgIpc) is 2.21. The Morgan fingerprint density at radius 1 is 1.50 bits per heavy atom. The molecule has 0 aromatic rings. The molecule has 0 saturated heterocycles. The van der Waals surface area contributed by atoms with Crippen molar-refractivity contribution in [3.05, 3.63) is 36.3 Å². The lowest BCUT2D eigenvalue weighted by Gasteiger charge is -1.90. The van der Waals surface area contributed by atoms with Crippen LogP contribution in [-0.4, -0.2) is 12.8 Å². The van der Waals surface area contributed by atoms with E-state index in [4.69, 9.17) is 5.73 Å². The molecule has 0 atom stereocenters. The molecule has 3 N–H and O–H groups in total. The van der Waals surface area contributed by atoms with Crippen LogP contribution in [0.15, 0.2) is 41.3 Å². The molecule has 0 heterocycles. The van der Waals surface area contributed by atoms with Crippen LogP contribution < -0.4 is 11.1 Å². The predicted octanol–water partition coefficient (Wildman–Crippen LogP) is 1.95. The number of aliphatic imine (C=N–C) groups is 1. The van der Waals surface area contributed by atoms with Gasteiger partial charge in [-0.3, -0.25) is 4.99 Å². The van der Waals surface area contributed by atoms with Gasteiger partial charge in [-0.05, 0) is 37.8 Å². The molecule has 0 rings (SSSR count). The maximum atomic E-state index is 5.64. The van der Waals surface area contributed by atoms with Crippen molar-refractivity contribution in [2.75, 3.05) is 7.05 Å². The quantitative estimate of drug-likeness (QED) is 0.518. The third-order valence-electron chi connectivity index (χ3n) is 1.62. The van der Waals surface area contributed by atoms with Gasteiger partial charge in [-0.25, -0.2) is 0 Å². The third kappa shape index (κ3) is 7.16. The lowest BCUT2D eigenvalue weighted by atomic mass is 10.3. The zero-order chi connectivity index (χ0) is 10.8. The van der Waals surface area contributed by atoms with Gasteiger partial charge in [0.2, 0.25) is 0 Å². The van der Waals surface area contributed by atoms with Gasteiger partial charge in [-0.2, -0.15) is 0 Å². The summed E-state index contributed by atoms with van der Waals surface area (Å²) in [5, 5.41) is 2.86. The summed E-state index contributed by atoms with van der Waals surface area (Å²) >= 11 is 0. The van der Waals surface area contributed by atoms with Gasteiger partial charge in [0.1, 0.15) is 0 Å². The third-order valence-corrected chi connectivity index (χ3v) is 1.62. The molecule has 0 spiro atoms. The van der Waals surface area contributed by atoms with E-state index >= 15 is 0 Å². The van der Waals surface area contributed by atoms with Crippen molar-refractivity contribution in [1.82, 2.24) is 5.32 Å². The van der Waals surface area contributed by atoms with Crippen LogP contribution in [0, 0.1) is 0 Å². The smallest absolute Gasteiger partial charge is 0.0329 e. The first kappa shape index (κ1) is 12.5. The summed E-state index contributed by atoms with van der Waals surface area (Å²) in [6.07, 6.45) is 9.93. The Bertz CT molecular complexity index is 260. The van der Waals surface area contributed by atoms with Crippen LogP contribution in [0.1, 0.15) is 20.3 Å². The Balaban J connectivity index is 4.08. The highest BCUT2D eigenvalue weighted by Crippen LogP contribution is 1.89. The molecule has 0 aliphatic carbocycles. The fourth-order valence-electron chi connectivity index (χ4n) is 0.651. The highest BCUT2D eigenvalue weighted by atomic mass is 14.8. The number of nitrogens with one attached hydrogen (secondary N) is 1. The number of allylic oxidation sites excluding steroid dienone is 3. The minimum absolute atomic E-state index is 0.694. The van der Waals surface area contributed by atoms with Crippen molar-refractivity contribution >= 4 is 5.71 Å². The summed E-state index contributed by atoms with van der Waals surface area (Å²) in [4.78, 5) is 4.19. The van der Waals surface area contributed by atoms with Crippen LogP contribution in [-0.2, 0) is 0 Å². The second-order valence-electron chi connectivity index (χ2n) is 2.85. The van der Waals surface area contributed by atoms with E-state index in [9.17, 15) is 0 Å². The minimum Gasteiger partial charge on any atom is -0.399 e. The Morgan fingerprint density at radius 2 is 2.21 bits per heavy atom. The van der Waals surface area contributed by atoms with Crippen molar-refractivity contribution in [3.63, 3.8) is 0 Å². The molecule has 0 fully saturated rings. The standard InChI is InChI=1S/C11H19N3/c1-4-10(2)14-8-5-6-11(12)7-9-13-3/h5-9,13H,4,12H2,1-3H3/b8-5+,9-7+,11-6+,14-10?. The van der Waals surface area contributed by atoms with Crippen molar-refractivity contribution in [1.29, 1.82) is 0 Å². The number of nitrogens with two attached hydrogens (primary N) is 1. The normalized spacial score (nSPS) is 14.2. The largest absolute Gasteiger partial charge is 0.399 e. The summed E-state index contributed by atoms with van der Waals surface area (Å²) < 4.78 is 0. The molecule has 14 heavy (non-hydrogen) atoms. The van der Waals surface area contributed by atoms with Gasteiger partial charge in [0, 0.05) is 24.7 Å². The van der Waals surface area contributed by atoms with Crippen molar-refractivity contribution < 1.29 is 0 Å². The fourth-order valence-corrected chi connectivity index (χ4v) is 0.651. The zero-order valence-corrected chi connectivity index (χ0v) is 9.12. The Labute approximate surface area is 86.1 Å². The van der Waals surface area contributed by atoms with E-state index in [1.54, 1.807) is 24.6 Å². The van der Waals surface area contributed by atoms with Crippen molar-refractivity contribution in [2.24, 2.45) is 10.7 Å². The summed E-state index contributed by atoms with van der Waals surface area (Å²) in [5.41, 5.74) is 7.45. The van der Waals surface area contributed by atoms with Crippen LogP contribution in [0.3, 0.4) is 0 Å². The summed E-state index contributed by atoms with van der Waals surface area (Å²) in [7, 11) is 1.83. The van der Waals surface area contributed by atoms with Crippen molar-refractivity contribution in [3.8, 4) is 0 Å². The van der Waals surface area contributed by atoms with Gasteiger partial charge in [0.05, 0.1) is 0 Å². The van der Waals surface area contributed by atoms with Crippen LogP contribution >= 0.6 is 0 Å². The first-order valence-electron chi connectivity index (χ1n) is 4.70. The predicted molar refractivity (Wildman–Crippen MR) is 63.0 cm³/mol. The minimum atomic E-state index is 0.694. The van der Waals surface area contributed by atoms with Gasteiger partial charge in [-0.15, -0.1) is 0 Å². The van der Waals surface area contributed by atoms with E-state index in [1.807, 2.05) is 20.0 Å². The molecular weight excluding hydrogens is 174 g/mol.